The van der Waals surface area contributed by atoms with Gasteiger partial charge in [-0.05, 0) is 52.9 Å². The average molecular weight is 639 g/mol. The fourth-order valence-corrected chi connectivity index (χ4v) is 7.28. The molecule has 4 atom stereocenters. The van der Waals surface area contributed by atoms with E-state index in [1.165, 1.54) is 0 Å². The van der Waals surface area contributed by atoms with Gasteiger partial charge in [0.05, 0.1) is 24.4 Å². The second kappa shape index (κ2) is 14.4. The van der Waals surface area contributed by atoms with Crippen molar-refractivity contribution in [1.82, 2.24) is 20.5 Å². The first-order valence-electron chi connectivity index (χ1n) is 14.8. The molecular formula is C35H34N4O4S2. The van der Waals surface area contributed by atoms with Gasteiger partial charge in [-0.2, -0.15) is 0 Å². The first-order valence-corrected chi connectivity index (χ1v) is 16.6. The molecule has 230 valence electrons. The summed E-state index contributed by atoms with van der Waals surface area (Å²) in [5.74, 6) is 0.657. The van der Waals surface area contributed by atoms with Crippen LogP contribution in [0.4, 0.5) is 0 Å². The van der Waals surface area contributed by atoms with Crippen molar-refractivity contribution in [3.63, 3.8) is 0 Å². The SMILES string of the molecule is Cc1nnc(SC[C@H]2O[C@@H](c3ccc(-c4cccc(CNC(=O)c5cccnc5)c4)cc3)O[C@@H](c3ccc(CO)cc3)[C@H]2C)s1. The summed E-state index contributed by atoms with van der Waals surface area (Å²) in [4.78, 5) is 16.5. The molecule has 1 aliphatic heterocycles. The van der Waals surface area contributed by atoms with Gasteiger partial charge in [0.2, 0.25) is 0 Å². The first kappa shape index (κ1) is 31.1. The maximum atomic E-state index is 12.5. The molecule has 45 heavy (non-hydrogen) atoms. The minimum atomic E-state index is -0.548. The molecular weight excluding hydrogens is 605 g/mol. The lowest BCUT2D eigenvalue weighted by Crippen LogP contribution is -2.38. The second-order valence-electron chi connectivity index (χ2n) is 11.0. The number of carbonyl (C=O) groups is 1. The van der Waals surface area contributed by atoms with Crippen LogP contribution in [0.1, 0.15) is 56.9 Å². The van der Waals surface area contributed by atoms with Crippen molar-refractivity contribution >= 4 is 29.0 Å². The van der Waals surface area contributed by atoms with E-state index in [9.17, 15) is 9.90 Å². The first-order chi connectivity index (χ1) is 22.0. The fraction of sp³-hybridized carbons (Fsp3) is 0.257. The van der Waals surface area contributed by atoms with Crippen molar-refractivity contribution < 1.29 is 19.4 Å². The molecule has 5 aromatic rings. The van der Waals surface area contributed by atoms with Gasteiger partial charge < -0.3 is 19.9 Å². The molecule has 1 saturated heterocycles. The van der Waals surface area contributed by atoms with Crippen molar-refractivity contribution in [2.24, 2.45) is 5.92 Å². The molecule has 6 rings (SSSR count). The van der Waals surface area contributed by atoms with Gasteiger partial charge >= 0.3 is 0 Å². The number of thioether (sulfide) groups is 1. The Morgan fingerprint density at radius 1 is 0.933 bits per heavy atom. The fourth-order valence-electron chi connectivity index (χ4n) is 5.28. The number of nitrogens with zero attached hydrogens (tertiary/aromatic N) is 3. The van der Waals surface area contributed by atoms with Crippen LogP contribution < -0.4 is 5.32 Å². The van der Waals surface area contributed by atoms with Crippen LogP contribution in [0, 0.1) is 12.8 Å². The molecule has 0 spiro atoms. The third-order valence-corrected chi connectivity index (χ3v) is 9.88. The van der Waals surface area contributed by atoms with E-state index in [2.05, 4.69) is 63.8 Å². The molecule has 0 aliphatic carbocycles. The van der Waals surface area contributed by atoms with Gasteiger partial charge in [-0.25, -0.2) is 0 Å². The molecule has 0 radical (unpaired) electrons. The van der Waals surface area contributed by atoms with Crippen molar-refractivity contribution in [2.45, 2.75) is 49.8 Å². The van der Waals surface area contributed by atoms with E-state index in [0.717, 1.165) is 48.5 Å². The summed E-state index contributed by atoms with van der Waals surface area (Å²) >= 11 is 3.25. The number of aryl methyl sites for hydroxylation is 1. The number of aliphatic hydroxyl groups is 1. The summed E-state index contributed by atoms with van der Waals surface area (Å²) < 4.78 is 14.1. The highest BCUT2D eigenvalue weighted by Gasteiger charge is 2.38. The van der Waals surface area contributed by atoms with Crippen LogP contribution in [-0.4, -0.2) is 38.1 Å². The zero-order valence-corrected chi connectivity index (χ0v) is 26.6. The third-order valence-electron chi connectivity index (χ3n) is 7.82. The lowest BCUT2D eigenvalue weighted by atomic mass is 9.91. The summed E-state index contributed by atoms with van der Waals surface area (Å²) in [6.07, 6.45) is 2.39. The lowest BCUT2D eigenvalue weighted by Gasteiger charge is -2.41. The normalized spacial score (nSPS) is 19.7. The number of aromatic nitrogens is 3. The molecule has 0 bridgehead atoms. The quantitative estimate of drug-likeness (QED) is 0.159. The molecule has 1 amide bonds. The summed E-state index contributed by atoms with van der Waals surface area (Å²) in [6.45, 7) is 4.53. The molecule has 10 heteroatoms. The highest BCUT2D eigenvalue weighted by atomic mass is 32.2. The summed E-state index contributed by atoms with van der Waals surface area (Å²) in [7, 11) is 0. The highest BCUT2D eigenvalue weighted by Crippen LogP contribution is 2.43. The minimum Gasteiger partial charge on any atom is -0.392 e. The predicted octanol–water partition coefficient (Wildman–Crippen LogP) is 6.91. The van der Waals surface area contributed by atoms with Crippen LogP contribution in [0.2, 0.25) is 0 Å². The Bertz CT molecular complexity index is 1710. The topological polar surface area (TPSA) is 106 Å². The van der Waals surface area contributed by atoms with Crippen molar-refractivity contribution in [3.8, 4) is 11.1 Å². The van der Waals surface area contributed by atoms with Crippen molar-refractivity contribution in [2.75, 3.05) is 5.75 Å². The molecule has 2 N–H and O–H groups in total. The number of carbonyl (C=O) groups excluding carboxylic acids is 1. The zero-order chi connectivity index (χ0) is 31.2. The van der Waals surface area contributed by atoms with E-state index in [-0.39, 0.29) is 30.6 Å². The van der Waals surface area contributed by atoms with Crippen LogP contribution in [0.25, 0.3) is 11.1 Å². The van der Waals surface area contributed by atoms with Crippen LogP contribution >= 0.6 is 23.1 Å². The van der Waals surface area contributed by atoms with E-state index in [1.807, 2.05) is 43.3 Å². The number of pyridine rings is 1. The van der Waals surface area contributed by atoms with Crippen molar-refractivity contribution in [3.05, 3.63) is 130 Å². The van der Waals surface area contributed by atoms with E-state index >= 15 is 0 Å². The summed E-state index contributed by atoms with van der Waals surface area (Å²) in [5, 5.41) is 21.9. The molecule has 8 nitrogen and oxygen atoms in total. The largest absolute Gasteiger partial charge is 0.392 e. The number of nitrogens with one attached hydrogen (secondary N) is 1. The number of ether oxygens (including phenoxy) is 2. The maximum absolute atomic E-state index is 12.5. The standard InChI is InChI=1S/C35H34N4O4S2/c1-22-31(21-44-35-39-38-23(2)45-35)42-34(43-32(22)27-10-8-24(20-40)9-11-27)28-14-12-26(13-15-28)29-6-3-5-25(17-29)18-37-33(41)30-7-4-16-36-19-30/h3-17,19,22,31-32,34,40H,18,20-21H2,1-2H3,(H,37,41)/t22-,31+,32+,34+/m0/s1. The minimum absolute atomic E-state index is 0.00290. The number of hydrogen-bond acceptors (Lipinski definition) is 9. The van der Waals surface area contributed by atoms with Crippen LogP contribution in [0.3, 0.4) is 0 Å². The molecule has 0 saturated carbocycles. The zero-order valence-electron chi connectivity index (χ0n) is 25.0. The van der Waals surface area contributed by atoms with Gasteiger partial charge in [-0.15, -0.1) is 10.2 Å². The number of rotatable bonds is 10. The predicted molar refractivity (Wildman–Crippen MR) is 176 cm³/mol. The van der Waals surface area contributed by atoms with E-state index < -0.39 is 6.29 Å². The highest BCUT2D eigenvalue weighted by molar-refractivity contribution is 8.01. The van der Waals surface area contributed by atoms with Gasteiger partial charge in [0.25, 0.3) is 5.91 Å². The monoisotopic (exact) mass is 638 g/mol. The molecule has 3 heterocycles. The van der Waals surface area contributed by atoms with Crippen LogP contribution in [0.15, 0.2) is 102 Å². The molecule has 3 aromatic carbocycles. The number of hydrogen-bond donors (Lipinski definition) is 2. The molecule has 0 unspecified atom stereocenters. The number of aliphatic hydroxyl groups excluding tert-OH is 1. The van der Waals surface area contributed by atoms with Gasteiger partial charge in [-0.3, -0.25) is 9.78 Å². The Kier molecular flexibility index (Phi) is 9.97. The third kappa shape index (κ3) is 7.66. The smallest absolute Gasteiger partial charge is 0.253 e. The van der Waals surface area contributed by atoms with Gasteiger partial charge in [0.1, 0.15) is 5.01 Å². The Labute approximate surface area is 270 Å². The Balaban J connectivity index is 1.18. The average Bonchev–Trinajstić information content (AvgIpc) is 3.52. The summed E-state index contributed by atoms with van der Waals surface area (Å²) in [6, 6.07) is 27.8. The van der Waals surface area contributed by atoms with Gasteiger partial charge in [0.15, 0.2) is 10.6 Å². The summed E-state index contributed by atoms with van der Waals surface area (Å²) in [5.41, 5.74) is 6.50. The molecule has 1 aliphatic rings. The molecule has 2 aromatic heterocycles. The van der Waals surface area contributed by atoms with E-state index in [0.29, 0.717) is 12.1 Å². The van der Waals surface area contributed by atoms with E-state index in [4.69, 9.17) is 9.47 Å². The van der Waals surface area contributed by atoms with Crippen LogP contribution in [0.5, 0.6) is 0 Å². The van der Waals surface area contributed by atoms with E-state index in [1.54, 1.807) is 47.6 Å². The lowest BCUT2D eigenvalue weighted by molar-refractivity contribution is -0.268. The van der Waals surface area contributed by atoms with Crippen LogP contribution in [-0.2, 0) is 22.6 Å². The van der Waals surface area contributed by atoms with Gasteiger partial charge in [-0.1, -0.05) is 96.8 Å². The second-order valence-corrected chi connectivity index (χ2v) is 13.4. The van der Waals surface area contributed by atoms with Gasteiger partial charge in [0, 0.05) is 36.2 Å². The number of benzene rings is 3. The Morgan fingerprint density at radius 3 is 2.44 bits per heavy atom. The molecule has 1 fully saturated rings. The maximum Gasteiger partial charge on any atom is 0.253 e. The number of amides is 1. The van der Waals surface area contributed by atoms with Crippen molar-refractivity contribution in [1.29, 1.82) is 0 Å². The Hall–Kier alpha value is -3.93. The Morgan fingerprint density at radius 2 is 1.73 bits per heavy atom.